The Balaban J connectivity index is 1.70. The summed E-state index contributed by atoms with van der Waals surface area (Å²) in [5.41, 5.74) is 0.0529. The summed E-state index contributed by atoms with van der Waals surface area (Å²) in [6.07, 6.45) is 2.19. The first-order valence-electron chi connectivity index (χ1n) is 6.41. The number of nitro benzene ring substituents is 1. The molecule has 20 heavy (non-hydrogen) atoms. The Bertz CT molecular complexity index is 472. The zero-order chi connectivity index (χ0) is 14.4. The molecule has 1 saturated heterocycles. The van der Waals surface area contributed by atoms with Crippen LogP contribution in [-0.4, -0.2) is 35.8 Å². The Kier molecular flexibility index (Phi) is 5.37. The van der Waals surface area contributed by atoms with Gasteiger partial charge in [-0.3, -0.25) is 14.9 Å². The molecule has 0 radical (unpaired) electrons. The second-order valence-corrected chi connectivity index (χ2v) is 5.53. The molecule has 0 bridgehead atoms. The fraction of sp³-hybridized carbons (Fsp3) is 0.462. The second kappa shape index (κ2) is 7.25. The fourth-order valence-corrected chi connectivity index (χ4v) is 2.63. The predicted octanol–water partition coefficient (Wildman–Crippen LogP) is 1.98. The van der Waals surface area contributed by atoms with Gasteiger partial charge in [-0.05, 0) is 25.0 Å². The third kappa shape index (κ3) is 4.50. The number of benzene rings is 1. The van der Waals surface area contributed by atoms with Crippen LogP contribution in [0.25, 0.3) is 0 Å². The molecular formula is C13H16N2O4S. The first kappa shape index (κ1) is 14.8. The minimum Gasteiger partial charge on any atom is -0.376 e. The first-order chi connectivity index (χ1) is 9.65. The Labute approximate surface area is 121 Å². The van der Waals surface area contributed by atoms with Gasteiger partial charge in [0.2, 0.25) is 5.91 Å². The highest BCUT2D eigenvalue weighted by Crippen LogP contribution is 2.21. The Hall–Kier alpha value is -1.60. The van der Waals surface area contributed by atoms with Gasteiger partial charge in [-0.15, -0.1) is 11.8 Å². The highest BCUT2D eigenvalue weighted by Gasteiger charge is 2.16. The molecule has 0 aliphatic carbocycles. The van der Waals surface area contributed by atoms with E-state index in [0.717, 1.165) is 24.3 Å². The van der Waals surface area contributed by atoms with Crippen LogP contribution in [0.5, 0.6) is 0 Å². The molecule has 1 atom stereocenters. The van der Waals surface area contributed by atoms with E-state index in [-0.39, 0.29) is 17.7 Å². The maximum absolute atomic E-state index is 11.7. The number of amides is 1. The Morgan fingerprint density at radius 3 is 2.80 bits per heavy atom. The van der Waals surface area contributed by atoms with E-state index in [1.54, 1.807) is 12.1 Å². The van der Waals surface area contributed by atoms with Crippen molar-refractivity contribution in [1.82, 2.24) is 5.32 Å². The zero-order valence-electron chi connectivity index (χ0n) is 10.9. The van der Waals surface area contributed by atoms with Gasteiger partial charge < -0.3 is 10.1 Å². The molecule has 0 unspecified atom stereocenters. The van der Waals surface area contributed by atoms with Gasteiger partial charge in [0.05, 0.1) is 16.8 Å². The number of nitro groups is 1. The molecule has 7 heteroatoms. The molecular weight excluding hydrogens is 280 g/mol. The fourth-order valence-electron chi connectivity index (χ4n) is 1.90. The molecule has 1 amide bonds. The van der Waals surface area contributed by atoms with E-state index in [1.165, 1.54) is 23.9 Å². The smallest absolute Gasteiger partial charge is 0.269 e. The van der Waals surface area contributed by atoms with Crippen LogP contribution in [0.4, 0.5) is 5.69 Å². The highest BCUT2D eigenvalue weighted by atomic mass is 32.2. The third-order valence-corrected chi connectivity index (χ3v) is 3.98. The molecule has 1 fully saturated rings. The van der Waals surface area contributed by atoms with Crippen molar-refractivity contribution in [2.24, 2.45) is 0 Å². The van der Waals surface area contributed by atoms with Gasteiger partial charge >= 0.3 is 0 Å². The maximum Gasteiger partial charge on any atom is 0.269 e. The van der Waals surface area contributed by atoms with Gasteiger partial charge in [0.1, 0.15) is 0 Å². The molecule has 0 saturated carbocycles. The minimum absolute atomic E-state index is 0.0520. The number of rotatable bonds is 6. The Morgan fingerprint density at radius 2 is 2.20 bits per heavy atom. The largest absolute Gasteiger partial charge is 0.376 e. The number of hydrogen-bond donors (Lipinski definition) is 1. The average Bonchev–Trinajstić information content (AvgIpc) is 2.96. The van der Waals surface area contributed by atoms with Gasteiger partial charge in [-0.25, -0.2) is 0 Å². The van der Waals surface area contributed by atoms with Gasteiger partial charge in [0, 0.05) is 30.2 Å². The number of carbonyl (C=O) groups is 1. The molecule has 0 spiro atoms. The summed E-state index contributed by atoms with van der Waals surface area (Å²) in [5, 5.41) is 13.3. The molecule has 1 aromatic carbocycles. The Morgan fingerprint density at radius 1 is 1.45 bits per heavy atom. The second-order valence-electron chi connectivity index (χ2n) is 4.48. The van der Waals surface area contributed by atoms with Crippen LogP contribution >= 0.6 is 11.8 Å². The summed E-state index contributed by atoms with van der Waals surface area (Å²) in [6, 6.07) is 6.17. The summed E-state index contributed by atoms with van der Waals surface area (Å²) in [5.74, 6) is 0.244. The molecule has 108 valence electrons. The number of nitrogens with zero attached hydrogens (tertiary/aromatic N) is 1. The molecule has 1 aliphatic rings. The van der Waals surface area contributed by atoms with Gasteiger partial charge in [0.15, 0.2) is 0 Å². The number of thioether (sulfide) groups is 1. The molecule has 6 nitrogen and oxygen atoms in total. The molecule has 1 aliphatic heterocycles. The van der Waals surface area contributed by atoms with Crippen LogP contribution in [0, 0.1) is 10.1 Å². The monoisotopic (exact) mass is 296 g/mol. The quantitative estimate of drug-likeness (QED) is 0.493. The van der Waals surface area contributed by atoms with Gasteiger partial charge in [-0.2, -0.15) is 0 Å². The normalized spacial score (nSPS) is 17.9. The topological polar surface area (TPSA) is 81.5 Å². The lowest BCUT2D eigenvalue weighted by molar-refractivity contribution is -0.384. The summed E-state index contributed by atoms with van der Waals surface area (Å²) in [7, 11) is 0. The number of carbonyl (C=O) groups excluding carboxylic acids is 1. The SMILES string of the molecule is O=C(CSc1ccc([N+](=O)[O-])cc1)NC[C@@H]1CCCO1. The van der Waals surface area contributed by atoms with E-state index in [4.69, 9.17) is 4.74 Å². The molecule has 1 heterocycles. The maximum atomic E-state index is 11.7. The average molecular weight is 296 g/mol. The van der Waals surface area contributed by atoms with Crippen molar-refractivity contribution in [3.8, 4) is 0 Å². The number of hydrogen-bond acceptors (Lipinski definition) is 5. The third-order valence-electron chi connectivity index (χ3n) is 2.97. The van der Waals surface area contributed by atoms with Crippen molar-refractivity contribution in [2.45, 2.75) is 23.8 Å². The van der Waals surface area contributed by atoms with Crippen molar-refractivity contribution in [2.75, 3.05) is 18.9 Å². The standard InChI is InChI=1S/C13H16N2O4S/c16-13(14-8-11-2-1-7-19-11)9-20-12-5-3-10(4-6-12)15(17)18/h3-6,11H,1-2,7-9H2,(H,14,16)/t11-/m0/s1. The molecule has 1 aromatic rings. The van der Waals surface area contributed by atoms with Crippen molar-refractivity contribution in [1.29, 1.82) is 0 Å². The van der Waals surface area contributed by atoms with Crippen LogP contribution < -0.4 is 5.32 Å². The highest BCUT2D eigenvalue weighted by molar-refractivity contribution is 8.00. The zero-order valence-corrected chi connectivity index (χ0v) is 11.7. The van der Waals surface area contributed by atoms with E-state index in [1.807, 2.05) is 0 Å². The van der Waals surface area contributed by atoms with Crippen molar-refractivity contribution in [3.63, 3.8) is 0 Å². The summed E-state index contributed by atoms with van der Waals surface area (Å²) < 4.78 is 5.42. The lowest BCUT2D eigenvalue weighted by atomic mass is 10.2. The van der Waals surface area contributed by atoms with Gasteiger partial charge in [0.25, 0.3) is 5.69 Å². The molecule has 0 aromatic heterocycles. The van der Waals surface area contributed by atoms with Crippen LogP contribution in [-0.2, 0) is 9.53 Å². The molecule has 1 N–H and O–H groups in total. The van der Waals surface area contributed by atoms with Crippen molar-refractivity contribution >= 4 is 23.4 Å². The van der Waals surface area contributed by atoms with Crippen LogP contribution in [0.3, 0.4) is 0 Å². The summed E-state index contributed by atoms with van der Waals surface area (Å²) in [4.78, 5) is 22.6. The van der Waals surface area contributed by atoms with Crippen molar-refractivity contribution < 1.29 is 14.5 Å². The van der Waals surface area contributed by atoms with Crippen molar-refractivity contribution in [3.05, 3.63) is 34.4 Å². The van der Waals surface area contributed by atoms with E-state index >= 15 is 0 Å². The predicted molar refractivity (Wildman–Crippen MR) is 75.8 cm³/mol. The lowest BCUT2D eigenvalue weighted by Gasteiger charge is -2.10. The number of ether oxygens (including phenoxy) is 1. The van der Waals surface area contributed by atoms with Gasteiger partial charge in [-0.1, -0.05) is 0 Å². The van der Waals surface area contributed by atoms with E-state index < -0.39 is 4.92 Å². The minimum atomic E-state index is -0.442. The lowest BCUT2D eigenvalue weighted by Crippen LogP contribution is -2.32. The number of nitrogens with one attached hydrogen (secondary N) is 1. The van der Waals surface area contributed by atoms with E-state index in [2.05, 4.69) is 5.32 Å². The van der Waals surface area contributed by atoms with Crippen LogP contribution in [0.1, 0.15) is 12.8 Å². The van der Waals surface area contributed by atoms with E-state index in [9.17, 15) is 14.9 Å². The summed E-state index contributed by atoms with van der Waals surface area (Å²) >= 11 is 1.36. The number of non-ortho nitro benzene ring substituents is 1. The molecule has 2 rings (SSSR count). The van der Waals surface area contributed by atoms with Crippen LogP contribution in [0.2, 0.25) is 0 Å². The first-order valence-corrected chi connectivity index (χ1v) is 7.39. The summed E-state index contributed by atoms with van der Waals surface area (Å²) in [6.45, 7) is 1.33. The van der Waals surface area contributed by atoms with Crippen LogP contribution in [0.15, 0.2) is 29.2 Å². The van der Waals surface area contributed by atoms with E-state index in [0.29, 0.717) is 12.3 Å².